The number of aromatic nitrogens is 1. The van der Waals surface area contributed by atoms with Gasteiger partial charge in [-0.2, -0.15) is 0 Å². The molecule has 1 spiro atoms. The van der Waals surface area contributed by atoms with Gasteiger partial charge < -0.3 is 24.8 Å². The summed E-state index contributed by atoms with van der Waals surface area (Å²) in [6.07, 6.45) is 9.87. The molecule has 0 saturated heterocycles. The molecule has 8 nitrogen and oxygen atoms in total. The Kier molecular flexibility index (Phi) is 10.4. The number of carbonyl (C=O) groups excluding carboxylic acids is 1. The molecule has 1 fully saturated rings. The van der Waals surface area contributed by atoms with E-state index in [1.807, 2.05) is 30.5 Å². The van der Waals surface area contributed by atoms with Gasteiger partial charge in [-0.1, -0.05) is 37.6 Å². The van der Waals surface area contributed by atoms with Gasteiger partial charge in [-0.3, -0.25) is 9.78 Å². The minimum Gasteiger partial charge on any atom is -0.493 e. The van der Waals surface area contributed by atoms with Crippen molar-refractivity contribution in [1.82, 2.24) is 9.88 Å². The zero-order valence-corrected chi connectivity index (χ0v) is 30.0. The Labute approximate surface area is 295 Å². The van der Waals surface area contributed by atoms with Gasteiger partial charge >= 0.3 is 5.97 Å². The van der Waals surface area contributed by atoms with Crippen molar-refractivity contribution in [2.24, 2.45) is 11.8 Å². The summed E-state index contributed by atoms with van der Waals surface area (Å²) in [4.78, 5) is 31.3. The summed E-state index contributed by atoms with van der Waals surface area (Å²) in [5, 5.41) is 14.5. The van der Waals surface area contributed by atoms with Gasteiger partial charge in [0.15, 0.2) is 0 Å². The lowest BCUT2D eigenvalue weighted by Crippen LogP contribution is -2.53. The molecule has 0 aliphatic heterocycles. The van der Waals surface area contributed by atoms with Crippen LogP contribution in [0.1, 0.15) is 93.5 Å². The number of anilines is 1. The number of rotatable bonds is 12. The smallest absolute Gasteiger partial charge is 0.329 e. The third-order valence-corrected chi connectivity index (χ3v) is 11.6. The van der Waals surface area contributed by atoms with Crippen molar-refractivity contribution in [3.05, 3.63) is 82.1 Å². The van der Waals surface area contributed by atoms with Crippen LogP contribution < -0.4 is 14.8 Å². The number of ether oxygens (including phenoxy) is 2. The number of amides is 1. The Morgan fingerprint density at radius 1 is 1.10 bits per heavy atom. The number of hydrogen-bond donors (Lipinski definition) is 2. The van der Waals surface area contributed by atoms with Crippen LogP contribution in [-0.4, -0.2) is 59.7 Å². The van der Waals surface area contributed by atoms with Crippen LogP contribution in [0.3, 0.4) is 0 Å². The molecule has 1 aromatic heterocycles. The Hall–Kier alpha value is -3.78. The van der Waals surface area contributed by atoms with Gasteiger partial charge in [0.05, 0.1) is 19.6 Å². The highest BCUT2D eigenvalue weighted by Crippen LogP contribution is 2.56. The Morgan fingerprint density at radius 2 is 1.90 bits per heavy atom. The summed E-state index contributed by atoms with van der Waals surface area (Å²) in [5.41, 5.74) is 4.45. The first kappa shape index (κ1) is 35.1. The number of aryl methyl sites for hydroxylation is 1. The minimum absolute atomic E-state index is 0.0279. The molecule has 1 saturated carbocycles. The van der Waals surface area contributed by atoms with E-state index in [-0.39, 0.29) is 11.3 Å². The predicted octanol–water partition coefficient (Wildman–Crippen LogP) is 8.06. The van der Waals surface area contributed by atoms with E-state index in [4.69, 9.17) is 21.1 Å². The molecule has 1 amide bonds. The first-order chi connectivity index (χ1) is 23.5. The first-order valence-corrected chi connectivity index (χ1v) is 18.2. The molecule has 3 atom stereocenters. The SMILES string of the molecule is C[C@@H](COc1ccnc2c1[C@H](C)CCC2)CC1Cc2ccc(OCCC(=O)N(C)C)cc2C12CCC(Nc1cccc(Cl)c1)(C(=O)O)CC2. The molecular weight excluding hydrogens is 638 g/mol. The van der Waals surface area contributed by atoms with Crippen molar-refractivity contribution in [3.8, 4) is 11.5 Å². The Bertz CT molecular complexity index is 1670. The lowest BCUT2D eigenvalue weighted by molar-refractivity contribution is -0.144. The number of fused-ring (bicyclic) bond motifs is 3. The van der Waals surface area contributed by atoms with Crippen molar-refractivity contribution < 1.29 is 24.2 Å². The highest BCUT2D eigenvalue weighted by atomic mass is 35.5. The standard InChI is InChI=1S/C40H50ClN3O5/c1-26(25-49-35-13-19-42-34-10-5-7-27(2)37(34)35)21-29-22-28-11-12-32(48-20-14-36(45)44(3)4)24-33(28)39(29)15-17-40(18-16-39,38(46)47)43-31-9-6-8-30(41)23-31/h6,8-9,11-13,19,23-24,26-27,29,43H,5,7,10,14-18,20-22,25H2,1-4H3,(H,46,47)/t26-,27-,29?,39?,40?/m1/s1. The number of benzene rings is 2. The van der Waals surface area contributed by atoms with Crippen LogP contribution in [0.2, 0.25) is 5.02 Å². The molecule has 0 bridgehead atoms. The lowest BCUT2D eigenvalue weighted by atomic mass is 9.59. The summed E-state index contributed by atoms with van der Waals surface area (Å²) in [5.74, 6) is 1.99. The van der Waals surface area contributed by atoms with E-state index >= 15 is 0 Å². The second kappa shape index (κ2) is 14.6. The number of hydrogen-bond acceptors (Lipinski definition) is 6. The van der Waals surface area contributed by atoms with Crippen LogP contribution in [0.25, 0.3) is 0 Å². The van der Waals surface area contributed by atoms with E-state index < -0.39 is 11.5 Å². The molecule has 3 aliphatic carbocycles. The summed E-state index contributed by atoms with van der Waals surface area (Å²) in [6, 6.07) is 15.7. The van der Waals surface area contributed by atoms with E-state index in [9.17, 15) is 14.7 Å². The van der Waals surface area contributed by atoms with Crippen LogP contribution in [0, 0.1) is 11.8 Å². The zero-order chi connectivity index (χ0) is 34.8. The third-order valence-electron chi connectivity index (χ3n) is 11.3. The Morgan fingerprint density at radius 3 is 2.63 bits per heavy atom. The minimum atomic E-state index is -1.09. The van der Waals surface area contributed by atoms with Crippen LogP contribution in [-0.2, 0) is 27.8 Å². The molecule has 9 heteroatoms. The van der Waals surface area contributed by atoms with Gasteiger partial charge in [0.1, 0.15) is 17.0 Å². The quantitative estimate of drug-likeness (QED) is 0.199. The van der Waals surface area contributed by atoms with Gasteiger partial charge in [-0.15, -0.1) is 0 Å². The van der Waals surface area contributed by atoms with Gasteiger partial charge in [0.25, 0.3) is 0 Å². The maximum Gasteiger partial charge on any atom is 0.329 e. The monoisotopic (exact) mass is 687 g/mol. The molecule has 1 unspecified atom stereocenters. The molecular formula is C40H50ClN3O5. The Balaban J connectivity index is 1.23. The van der Waals surface area contributed by atoms with Crippen molar-refractivity contribution in [2.45, 2.75) is 94.9 Å². The number of nitrogens with one attached hydrogen (secondary N) is 1. The molecule has 6 rings (SSSR count). The average molecular weight is 688 g/mol. The highest BCUT2D eigenvalue weighted by Gasteiger charge is 2.54. The van der Waals surface area contributed by atoms with Crippen molar-refractivity contribution in [1.29, 1.82) is 0 Å². The molecule has 2 N–H and O–H groups in total. The number of nitrogens with zero attached hydrogens (tertiary/aromatic N) is 2. The number of aliphatic carboxylic acids is 1. The van der Waals surface area contributed by atoms with Crippen molar-refractivity contribution in [2.75, 3.05) is 32.6 Å². The van der Waals surface area contributed by atoms with Crippen LogP contribution in [0.15, 0.2) is 54.7 Å². The van der Waals surface area contributed by atoms with Gasteiger partial charge in [-0.25, -0.2) is 4.79 Å². The molecule has 3 aliphatic rings. The van der Waals surface area contributed by atoms with E-state index in [1.165, 1.54) is 28.8 Å². The van der Waals surface area contributed by atoms with E-state index in [0.717, 1.165) is 55.7 Å². The normalized spacial score (nSPS) is 24.8. The number of carbonyl (C=O) groups is 2. The maximum atomic E-state index is 12.9. The fourth-order valence-corrected chi connectivity index (χ4v) is 8.84. The lowest BCUT2D eigenvalue weighted by Gasteiger charge is -2.47. The maximum absolute atomic E-state index is 12.9. The second-order valence-electron chi connectivity index (χ2n) is 14.9. The largest absolute Gasteiger partial charge is 0.493 e. The zero-order valence-electron chi connectivity index (χ0n) is 29.3. The van der Waals surface area contributed by atoms with Crippen LogP contribution >= 0.6 is 11.6 Å². The number of pyridine rings is 1. The van der Waals surface area contributed by atoms with E-state index in [2.05, 4.69) is 36.3 Å². The van der Waals surface area contributed by atoms with Crippen molar-refractivity contribution >= 4 is 29.2 Å². The summed E-state index contributed by atoms with van der Waals surface area (Å²) in [7, 11) is 3.50. The fraction of sp³-hybridized carbons (Fsp3) is 0.525. The van der Waals surface area contributed by atoms with E-state index in [1.54, 1.807) is 31.1 Å². The van der Waals surface area contributed by atoms with Gasteiger partial charge in [-0.05, 0) is 128 Å². The number of halogens is 1. The predicted molar refractivity (Wildman–Crippen MR) is 193 cm³/mol. The molecule has 49 heavy (non-hydrogen) atoms. The topological polar surface area (TPSA) is 101 Å². The van der Waals surface area contributed by atoms with Gasteiger partial charge in [0.2, 0.25) is 5.91 Å². The average Bonchev–Trinajstić information content (AvgIpc) is 3.36. The molecule has 262 valence electrons. The summed E-state index contributed by atoms with van der Waals surface area (Å²) in [6.45, 7) is 5.48. The van der Waals surface area contributed by atoms with Crippen LogP contribution in [0.5, 0.6) is 11.5 Å². The molecule has 1 heterocycles. The molecule has 0 radical (unpaired) electrons. The number of carboxylic acids is 1. The molecule has 2 aromatic carbocycles. The fourth-order valence-electron chi connectivity index (χ4n) is 8.65. The van der Waals surface area contributed by atoms with E-state index in [0.29, 0.717) is 55.3 Å². The summed E-state index contributed by atoms with van der Waals surface area (Å²) >= 11 is 6.27. The first-order valence-electron chi connectivity index (χ1n) is 17.8. The van der Waals surface area contributed by atoms with Crippen LogP contribution in [0.4, 0.5) is 5.69 Å². The number of carboxylic acid groups (broad SMARTS) is 1. The van der Waals surface area contributed by atoms with Crippen molar-refractivity contribution in [3.63, 3.8) is 0 Å². The second-order valence-corrected chi connectivity index (χ2v) is 15.3. The highest BCUT2D eigenvalue weighted by molar-refractivity contribution is 6.30. The third kappa shape index (κ3) is 7.40. The summed E-state index contributed by atoms with van der Waals surface area (Å²) < 4.78 is 12.7. The molecule has 3 aromatic rings. The van der Waals surface area contributed by atoms with Gasteiger partial charge in [0, 0.05) is 42.3 Å².